The number of rotatable bonds is 7. The second-order valence-electron chi connectivity index (χ2n) is 8.64. The standard InChI is InChI=1S/C25H30N2O5/c1-24(2,3)32-23(29)27-16-17-31-25(27,21(26)15-14-19-10-6-4-7-11-19)22(28)30-18-20-12-8-5-9-13-20/h4-13,16-17,21H,14-15,18,26H2,1-3H3. The molecule has 2 unspecified atom stereocenters. The number of benzene rings is 2. The molecular formula is C25H30N2O5. The van der Waals surface area contributed by atoms with Crippen LogP contribution in [0.25, 0.3) is 0 Å². The highest BCUT2D eigenvalue weighted by Gasteiger charge is 2.57. The summed E-state index contributed by atoms with van der Waals surface area (Å²) in [6.45, 7) is 5.27. The molecule has 7 nitrogen and oxygen atoms in total. The molecule has 0 aromatic heterocycles. The molecule has 0 aliphatic carbocycles. The summed E-state index contributed by atoms with van der Waals surface area (Å²) in [4.78, 5) is 27.4. The molecule has 7 heteroatoms. The second-order valence-corrected chi connectivity index (χ2v) is 8.64. The maximum absolute atomic E-state index is 13.4. The fraction of sp³-hybridized carbons (Fsp3) is 0.360. The van der Waals surface area contributed by atoms with Crippen LogP contribution in [0.1, 0.15) is 38.3 Å². The SMILES string of the molecule is CC(C)(C)OC(=O)N1C=COC1(C(=O)OCc1ccccc1)C(N)CCc1ccccc1. The van der Waals surface area contributed by atoms with Crippen molar-refractivity contribution in [3.63, 3.8) is 0 Å². The minimum Gasteiger partial charge on any atom is -0.461 e. The molecular weight excluding hydrogens is 408 g/mol. The number of nitrogens with zero attached hydrogens (tertiary/aromatic N) is 1. The van der Waals surface area contributed by atoms with Crippen LogP contribution in [-0.2, 0) is 32.0 Å². The lowest BCUT2D eigenvalue weighted by Gasteiger charge is -2.38. The lowest BCUT2D eigenvalue weighted by molar-refractivity contribution is -0.183. The summed E-state index contributed by atoms with van der Waals surface area (Å²) in [6.07, 6.45) is 2.88. The van der Waals surface area contributed by atoms with E-state index >= 15 is 0 Å². The molecule has 0 saturated carbocycles. The number of hydrogen-bond acceptors (Lipinski definition) is 6. The fourth-order valence-corrected chi connectivity index (χ4v) is 3.42. The van der Waals surface area contributed by atoms with Gasteiger partial charge in [-0.1, -0.05) is 60.7 Å². The molecule has 0 spiro atoms. The number of hydrogen-bond donors (Lipinski definition) is 1. The van der Waals surface area contributed by atoms with Crippen LogP contribution in [0.3, 0.4) is 0 Å². The van der Waals surface area contributed by atoms with Crippen LogP contribution in [0.4, 0.5) is 4.79 Å². The molecule has 1 aliphatic heterocycles. The van der Waals surface area contributed by atoms with E-state index in [9.17, 15) is 9.59 Å². The van der Waals surface area contributed by atoms with E-state index in [2.05, 4.69) is 0 Å². The van der Waals surface area contributed by atoms with E-state index in [0.717, 1.165) is 16.0 Å². The molecule has 0 radical (unpaired) electrons. The quantitative estimate of drug-likeness (QED) is 0.654. The van der Waals surface area contributed by atoms with Crippen LogP contribution in [-0.4, -0.2) is 34.3 Å². The maximum atomic E-state index is 13.4. The molecule has 3 rings (SSSR count). The molecule has 1 heterocycles. The molecule has 32 heavy (non-hydrogen) atoms. The number of aryl methyl sites for hydroxylation is 1. The minimum absolute atomic E-state index is 0.0261. The Morgan fingerprint density at radius 3 is 2.22 bits per heavy atom. The van der Waals surface area contributed by atoms with E-state index in [-0.39, 0.29) is 6.61 Å². The number of nitrogens with two attached hydrogens (primary N) is 1. The van der Waals surface area contributed by atoms with Crippen molar-refractivity contribution < 1.29 is 23.8 Å². The molecule has 2 aromatic rings. The van der Waals surface area contributed by atoms with E-state index < -0.39 is 29.4 Å². The van der Waals surface area contributed by atoms with Gasteiger partial charge in [0.15, 0.2) is 0 Å². The van der Waals surface area contributed by atoms with Crippen molar-refractivity contribution in [1.82, 2.24) is 4.90 Å². The molecule has 0 saturated heterocycles. The summed E-state index contributed by atoms with van der Waals surface area (Å²) in [5.74, 6) is -0.752. The first-order valence-corrected chi connectivity index (χ1v) is 10.6. The van der Waals surface area contributed by atoms with Gasteiger partial charge in [-0.2, -0.15) is 0 Å². The Kier molecular flexibility index (Phi) is 7.20. The Bertz CT molecular complexity index is 940. The molecule has 1 aliphatic rings. The zero-order valence-corrected chi connectivity index (χ0v) is 18.7. The monoisotopic (exact) mass is 438 g/mol. The number of carbonyl (C=O) groups is 2. The van der Waals surface area contributed by atoms with Gasteiger partial charge in [-0.25, -0.2) is 14.5 Å². The van der Waals surface area contributed by atoms with Gasteiger partial charge >= 0.3 is 17.8 Å². The first kappa shape index (κ1) is 23.3. The molecule has 2 atom stereocenters. The first-order valence-electron chi connectivity index (χ1n) is 10.6. The average molecular weight is 439 g/mol. The minimum atomic E-state index is -1.86. The van der Waals surface area contributed by atoms with Crippen molar-refractivity contribution >= 4 is 12.1 Å². The van der Waals surface area contributed by atoms with Gasteiger partial charge in [-0.05, 0) is 44.7 Å². The highest BCUT2D eigenvalue weighted by molar-refractivity contribution is 5.86. The van der Waals surface area contributed by atoms with Gasteiger partial charge in [0.05, 0.1) is 6.04 Å². The van der Waals surface area contributed by atoms with Crippen LogP contribution < -0.4 is 5.73 Å². The van der Waals surface area contributed by atoms with Crippen molar-refractivity contribution in [3.8, 4) is 0 Å². The van der Waals surface area contributed by atoms with Crippen LogP contribution in [0, 0.1) is 0 Å². The predicted octanol–water partition coefficient (Wildman–Crippen LogP) is 4.12. The van der Waals surface area contributed by atoms with Crippen molar-refractivity contribution in [2.45, 2.75) is 57.6 Å². The third-order valence-corrected chi connectivity index (χ3v) is 5.00. The largest absolute Gasteiger partial charge is 0.461 e. The Hall–Kier alpha value is -3.32. The van der Waals surface area contributed by atoms with Crippen molar-refractivity contribution in [2.75, 3.05) is 0 Å². The topological polar surface area (TPSA) is 91.1 Å². The van der Waals surface area contributed by atoms with E-state index in [1.54, 1.807) is 20.8 Å². The maximum Gasteiger partial charge on any atom is 0.418 e. The van der Waals surface area contributed by atoms with Gasteiger partial charge in [-0.3, -0.25) is 0 Å². The molecule has 0 fully saturated rings. The summed E-state index contributed by atoms with van der Waals surface area (Å²) < 4.78 is 16.8. The number of carbonyl (C=O) groups excluding carboxylic acids is 2. The van der Waals surface area contributed by atoms with Crippen molar-refractivity contribution in [2.24, 2.45) is 5.73 Å². The Labute approximate surface area is 188 Å². The predicted molar refractivity (Wildman–Crippen MR) is 120 cm³/mol. The molecule has 1 amide bonds. The van der Waals surface area contributed by atoms with E-state index in [1.807, 2.05) is 60.7 Å². The normalized spacial score (nSPS) is 18.7. The van der Waals surface area contributed by atoms with Gasteiger partial charge in [0.2, 0.25) is 0 Å². The van der Waals surface area contributed by atoms with Gasteiger partial charge < -0.3 is 19.9 Å². The first-order chi connectivity index (χ1) is 15.2. The summed E-state index contributed by atoms with van der Waals surface area (Å²) in [5.41, 5.74) is 5.76. The van der Waals surface area contributed by atoms with Crippen LogP contribution in [0.5, 0.6) is 0 Å². The zero-order valence-electron chi connectivity index (χ0n) is 18.7. The Balaban J connectivity index is 1.83. The van der Waals surface area contributed by atoms with Crippen LogP contribution in [0.2, 0.25) is 0 Å². The summed E-state index contributed by atoms with van der Waals surface area (Å²) in [6, 6.07) is 18.2. The molecule has 2 aromatic carbocycles. The van der Waals surface area contributed by atoms with E-state index in [4.69, 9.17) is 19.9 Å². The van der Waals surface area contributed by atoms with Gasteiger partial charge in [0, 0.05) is 6.20 Å². The summed E-state index contributed by atoms with van der Waals surface area (Å²) in [7, 11) is 0. The Morgan fingerprint density at radius 2 is 1.62 bits per heavy atom. The lowest BCUT2D eigenvalue weighted by Crippen LogP contribution is -2.65. The zero-order chi connectivity index (χ0) is 23.2. The third-order valence-electron chi connectivity index (χ3n) is 5.00. The third kappa shape index (κ3) is 5.48. The Morgan fingerprint density at radius 1 is 1.03 bits per heavy atom. The molecule has 170 valence electrons. The van der Waals surface area contributed by atoms with Crippen LogP contribution in [0.15, 0.2) is 73.1 Å². The number of amides is 1. The van der Waals surface area contributed by atoms with Gasteiger partial charge in [0.1, 0.15) is 18.5 Å². The van der Waals surface area contributed by atoms with Crippen LogP contribution >= 0.6 is 0 Å². The highest BCUT2D eigenvalue weighted by atomic mass is 16.6. The second kappa shape index (κ2) is 9.87. The average Bonchev–Trinajstić information content (AvgIpc) is 3.22. The van der Waals surface area contributed by atoms with Crippen molar-refractivity contribution in [1.29, 1.82) is 0 Å². The molecule has 2 N–H and O–H groups in total. The van der Waals surface area contributed by atoms with Crippen molar-refractivity contribution in [3.05, 3.63) is 84.3 Å². The molecule has 0 bridgehead atoms. The smallest absolute Gasteiger partial charge is 0.418 e. The fourth-order valence-electron chi connectivity index (χ4n) is 3.42. The number of esters is 1. The lowest BCUT2D eigenvalue weighted by atomic mass is 9.96. The van der Waals surface area contributed by atoms with E-state index in [0.29, 0.717) is 12.8 Å². The van der Waals surface area contributed by atoms with E-state index in [1.165, 1.54) is 12.5 Å². The summed E-state index contributed by atoms with van der Waals surface area (Å²) >= 11 is 0. The van der Waals surface area contributed by atoms with Gasteiger partial charge in [0.25, 0.3) is 0 Å². The highest BCUT2D eigenvalue weighted by Crippen LogP contribution is 2.33. The summed E-state index contributed by atoms with van der Waals surface area (Å²) in [5, 5.41) is 0. The number of ether oxygens (including phenoxy) is 3. The van der Waals surface area contributed by atoms with Gasteiger partial charge in [-0.15, -0.1) is 0 Å².